The Morgan fingerprint density at radius 3 is 2.39 bits per heavy atom. The quantitative estimate of drug-likeness (QED) is 0.622. The molecule has 134 valence electrons. The molecular weight excluding hydrogens is 300 g/mol. The van der Waals surface area contributed by atoms with Crippen LogP contribution in [0.4, 0.5) is 0 Å². The number of allylic oxidation sites excluding steroid dienone is 1. The lowest BCUT2D eigenvalue weighted by Gasteiger charge is -2.43. The van der Waals surface area contributed by atoms with E-state index in [1.165, 1.54) is 25.7 Å². The van der Waals surface area contributed by atoms with Gasteiger partial charge in [0.1, 0.15) is 0 Å². The van der Waals surface area contributed by atoms with E-state index in [2.05, 4.69) is 53.0 Å². The Morgan fingerprint density at radius 2 is 1.83 bits per heavy atom. The molecule has 0 aromatic carbocycles. The molecule has 1 unspecified atom stereocenters. The van der Waals surface area contributed by atoms with E-state index in [0.717, 1.165) is 24.9 Å². The SMILES string of the molecule is C[C@@H]1CCC/C(=C\[Si](C)(C)C)[C@@H]1CCC1(C)COC(C)(C)CO1. The van der Waals surface area contributed by atoms with Crippen LogP contribution in [0.25, 0.3) is 0 Å². The molecule has 0 N–H and O–H groups in total. The maximum Gasteiger partial charge on any atom is 0.0888 e. The maximum absolute atomic E-state index is 6.21. The van der Waals surface area contributed by atoms with Crippen molar-refractivity contribution in [3.05, 3.63) is 11.3 Å². The van der Waals surface area contributed by atoms with Gasteiger partial charge >= 0.3 is 0 Å². The molecule has 0 radical (unpaired) electrons. The smallest absolute Gasteiger partial charge is 0.0888 e. The molecule has 0 spiro atoms. The number of hydrogen-bond acceptors (Lipinski definition) is 2. The van der Waals surface area contributed by atoms with Crippen molar-refractivity contribution in [1.29, 1.82) is 0 Å². The molecule has 0 aromatic heterocycles. The Balaban J connectivity index is 2.00. The monoisotopic (exact) mass is 338 g/mol. The Kier molecular flexibility index (Phi) is 5.85. The maximum atomic E-state index is 6.21. The third-order valence-corrected chi connectivity index (χ3v) is 6.66. The third-order valence-electron chi connectivity index (χ3n) is 5.43. The van der Waals surface area contributed by atoms with E-state index in [4.69, 9.17) is 9.47 Å². The molecule has 2 nitrogen and oxygen atoms in total. The summed E-state index contributed by atoms with van der Waals surface area (Å²) in [5, 5.41) is 0. The van der Waals surface area contributed by atoms with Gasteiger partial charge in [0, 0.05) is 0 Å². The van der Waals surface area contributed by atoms with Crippen molar-refractivity contribution in [3.8, 4) is 0 Å². The van der Waals surface area contributed by atoms with Crippen molar-refractivity contribution in [2.24, 2.45) is 11.8 Å². The van der Waals surface area contributed by atoms with Crippen molar-refractivity contribution in [1.82, 2.24) is 0 Å². The van der Waals surface area contributed by atoms with Crippen LogP contribution in [-0.4, -0.2) is 32.5 Å². The highest BCUT2D eigenvalue weighted by Crippen LogP contribution is 2.40. The predicted octanol–water partition coefficient (Wildman–Crippen LogP) is 5.59. The summed E-state index contributed by atoms with van der Waals surface area (Å²) in [4.78, 5) is 0. The summed E-state index contributed by atoms with van der Waals surface area (Å²) in [5.41, 5.74) is 4.21. The second-order valence-corrected chi connectivity index (χ2v) is 14.9. The van der Waals surface area contributed by atoms with E-state index >= 15 is 0 Å². The third kappa shape index (κ3) is 5.72. The van der Waals surface area contributed by atoms with Gasteiger partial charge in [-0.05, 0) is 64.7 Å². The van der Waals surface area contributed by atoms with Crippen LogP contribution in [-0.2, 0) is 9.47 Å². The summed E-state index contributed by atoms with van der Waals surface area (Å²) in [6.07, 6.45) is 6.44. The van der Waals surface area contributed by atoms with Crippen molar-refractivity contribution in [2.75, 3.05) is 13.2 Å². The second-order valence-electron chi connectivity index (χ2n) is 9.89. The van der Waals surface area contributed by atoms with E-state index in [9.17, 15) is 0 Å². The largest absolute Gasteiger partial charge is 0.370 e. The van der Waals surface area contributed by atoms with Gasteiger partial charge in [0.25, 0.3) is 0 Å². The second kappa shape index (κ2) is 7.01. The summed E-state index contributed by atoms with van der Waals surface area (Å²) in [6.45, 7) is 17.7. The molecule has 1 heterocycles. The fourth-order valence-corrected chi connectivity index (χ4v) is 5.44. The van der Waals surface area contributed by atoms with Crippen molar-refractivity contribution < 1.29 is 9.47 Å². The van der Waals surface area contributed by atoms with Gasteiger partial charge in [0.15, 0.2) is 0 Å². The number of ether oxygens (including phenoxy) is 2. The van der Waals surface area contributed by atoms with Gasteiger partial charge < -0.3 is 9.47 Å². The minimum Gasteiger partial charge on any atom is -0.370 e. The summed E-state index contributed by atoms with van der Waals surface area (Å²) in [7, 11) is -1.14. The Labute approximate surface area is 145 Å². The van der Waals surface area contributed by atoms with Crippen LogP contribution in [0, 0.1) is 11.8 Å². The lowest BCUT2D eigenvalue weighted by molar-refractivity contribution is -0.219. The Bertz CT molecular complexity index is 423. The number of rotatable bonds is 4. The van der Waals surface area contributed by atoms with E-state index in [1.54, 1.807) is 5.57 Å². The molecule has 0 aromatic rings. The molecule has 2 aliphatic rings. The highest BCUT2D eigenvalue weighted by atomic mass is 28.3. The molecule has 1 saturated carbocycles. The first kappa shape index (κ1) is 19.2. The first-order chi connectivity index (χ1) is 10.5. The van der Waals surface area contributed by atoms with Crippen LogP contribution in [0.5, 0.6) is 0 Å². The average molecular weight is 339 g/mol. The normalized spacial score (nSPS) is 37.1. The minimum atomic E-state index is -1.14. The van der Waals surface area contributed by atoms with Gasteiger partial charge in [-0.2, -0.15) is 0 Å². The van der Waals surface area contributed by atoms with Crippen molar-refractivity contribution in [3.63, 3.8) is 0 Å². The zero-order valence-corrected chi connectivity index (χ0v) is 17.5. The molecule has 2 fully saturated rings. The van der Waals surface area contributed by atoms with Gasteiger partial charge in [0.2, 0.25) is 0 Å². The lowest BCUT2D eigenvalue weighted by Crippen LogP contribution is -2.49. The van der Waals surface area contributed by atoms with Crippen molar-refractivity contribution >= 4 is 8.07 Å². The molecule has 3 atom stereocenters. The molecular formula is C20H38O2Si. The Morgan fingerprint density at radius 1 is 1.13 bits per heavy atom. The zero-order valence-electron chi connectivity index (χ0n) is 16.5. The topological polar surface area (TPSA) is 18.5 Å². The molecule has 3 heteroatoms. The lowest BCUT2D eigenvalue weighted by atomic mass is 9.74. The first-order valence-corrected chi connectivity index (χ1v) is 13.1. The van der Waals surface area contributed by atoms with E-state index < -0.39 is 8.07 Å². The highest BCUT2D eigenvalue weighted by Gasteiger charge is 2.38. The summed E-state index contributed by atoms with van der Waals surface area (Å²) < 4.78 is 12.2. The summed E-state index contributed by atoms with van der Waals surface area (Å²) in [6, 6.07) is 0. The predicted molar refractivity (Wildman–Crippen MR) is 102 cm³/mol. The van der Waals surface area contributed by atoms with E-state index in [1.807, 2.05) is 0 Å². The van der Waals surface area contributed by atoms with Gasteiger partial charge in [-0.25, -0.2) is 0 Å². The molecule has 1 saturated heterocycles. The molecule has 0 bridgehead atoms. The van der Waals surface area contributed by atoms with Crippen molar-refractivity contribution in [2.45, 2.75) is 90.6 Å². The van der Waals surface area contributed by atoms with Crippen LogP contribution in [0.2, 0.25) is 19.6 Å². The standard InChI is InChI=1S/C20H38O2Si/c1-16-9-8-10-17(13-23(5,6)7)18(16)11-12-20(4)15-21-19(2,3)14-22-20/h13,16,18H,8-12,14-15H2,1-7H3/b17-13+/t16-,18-,20?/m1/s1. The van der Waals surface area contributed by atoms with Gasteiger partial charge in [0.05, 0.1) is 32.5 Å². The van der Waals surface area contributed by atoms with Crippen LogP contribution in [0.15, 0.2) is 11.3 Å². The van der Waals surface area contributed by atoms with E-state index in [0.29, 0.717) is 6.61 Å². The van der Waals surface area contributed by atoms with E-state index in [-0.39, 0.29) is 11.2 Å². The van der Waals surface area contributed by atoms with Crippen LogP contribution >= 0.6 is 0 Å². The molecule has 23 heavy (non-hydrogen) atoms. The summed E-state index contributed by atoms with van der Waals surface area (Å²) >= 11 is 0. The zero-order chi connectivity index (χ0) is 17.3. The minimum absolute atomic E-state index is 0.100. The molecule has 1 aliphatic carbocycles. The molecule has 2 rings (SSSR count). The van der Waals surface area contributed by atoms with Gasteiger partial charge in [-0.1, -0.05) is 37.8 Å². The fourth-order valence-electron chi connectivity index (χ4n) is 3.97. The molecule has 0 amide bonds. The average Bonchev–Trinajstić information content (AvgIpc) is 2.41. The van der Waals surface area contributed by atoms with Crippen LogP contribution < -0.4 is 0 Å². The first-order valence-electron chi connectivity index (χ1n) is 9.49. The Hall–Kier alpha value is -0.123. The van der Waals surface area contributed by atoms with Crippen LogP contribution in [0.3, 0.4) is 0 Å². The number of hydrogen-bond donors (Lipinski definition) is 0. The van der Waals surface area contributed by atoms with Gasteiger partial charge in [-0.15, -0.1) is 0 Å². The highest BCUT2D eigenvalue weighted by molar-refractivity contribution is 6.81. The fraction of sp³-hybridized carbons (Fsp3) is 0.900. The van der Waals surface area contributed by atoms with Crippen LogP contribution in [0.1, 0.15) is 59.8 Å². The summed E-state index contributed by atoms with van der Waals surface area (Å²) in [5.74, 6) is 1.57. The van der Waals surface area contributed by atoms with Gasteiger partial charge in [-0.3, -0.25) is 0 Å². The molecule has 1 aliphatic heterocycles.